The van der Waals surface area contributed by atoms with Gasteiger partial charge in [0.05, 0.1) is 24.1 Å². The fourth-order valence-corrected chi connectivity index (χ4v) is 1.78. The molecule has 8 heteroatoms. The van der Waals surface area contributed by atoms with Gasteiger partial charge < -0.3 is 24.1 Å². The molecule has 23 heavy (non-hydrogen) atoms. The lowest BCUT2D eigenvalue weighted by Gasteiger charge is -2.26. The summed E-state index contributed by atoms with van der Waals surface area (Å²) in [5.41, 5.74) is 0. The molecule has 0 heterocycles. The van der Waals surface area contributed by atoms with Crippen molar-refractivity contribution >= 4 is 23.9 Å². The SMILES string of the molecule is CC(=O)OC(C(=O)[O-])C(CCC(=O)OC(C)C)C(=O)OC(C)C. The van der Waals surface area contributed by atoms with Crippen LogP contribution in [0.2, 0.25) is 0 Å². The fourth-order valence-electron chi connectivity index (χ4n) is 1.78. The predicted octanol–water partition coefficient (Wildman–Crippen LogP) is -0.0324. The Hall–Kier alpha value is -2.12. The first kappa shape index (κ1) is 20.9. The molecule has 0 radical (unpaired) electrons. The molecule has 0 aliphatic carbocycles. The Morgan fingerprint density at radius 2 is 1.43 bits per heavy atom. The van der Waals surface area contributed by atoms with Gasteiger partial charge in [0.2, 0.25) is 0 Å². The number of carbonyl (C=O) groups is 4. The second-order valence-electron chi connectivity index (χ2n) is 5.52. The van der Waals surface area contributed by atoms with Crippen LogP contribution in [0.25, 0.3) is 0 Å². The highest BCUT2D eigenvalue weighted by atomic mass is 16.6. The third-order valence-electron chi connectivity index (χ3n) is 2.57. The van der Waals surface area contributed by atoms with Crippen LogP contribution in [0.5, 0.6) is 0 Å². The molecule has 0 rings (SSSR count). The van der Waals surface area contributed by atoms with Crippen LogP contribution in [0.4, 0.5) is 0 Å². The molecule has 0 saturated heterocycles. The largest absolute Gasteiger partial charge is 0.546 e. The maximum Gasteiger partial charge on any atom is 0.313 e. The van der Waals surface area contributed by atoms with E-state index in [0.29, 0.717) is 0 Å². The van der Waals surface area contributed by atoms with Crippen molar-refractivity contribution in [2.45, 2.75) is 65.8 Å². The van der Waals surface area contributed by atoms with Crippen LogP contribution >= 0.6 is 0 Å². The molecule has 0 aromatic heterocycles. The molecule has 0 aliphatic heterocycles. The molecule has 132 valence electrons. The van der Waals surface area contributed by atoms with Crippen LogP contribution in [0.3, 0.4) is 0 Å². The van der Waals surface area contributed by atoms with Gasteiger partial charge in [-0.1, -0.05) is 0 Å². The number of rotatable bonds is 9. The van der Waals surface area contributed by atoms with Gasteiger partial charge >= 0.3 is 17.9 Å². The van der Waals surface area contributed by atoms with E-state index in [0.717, 1.165) is 6.92 Å². The summed E-state index contributed by atoms with van der Waals surface area (Å²) in [6, 6.07) is 0. The standard InChI is InChI=1S/C15H24O8/c1-8(2)21-12(17)7-6-11(15(20)22-9(3)4)13(14(18)19)23-10(5)16/h8-9,11,13H,6-7H2,1-5H3,(H,18,19)/p-1. The second-order valence-corrected chi connectivity index (χ2v) is 5.52. The van der Waals surface area contributed by atoms with E-state index in [1.165, 1.54) is 0 Å². The van der Waals surface area contributed by atoms with Crippen LogP contribution in [0.1, 0.15) is 47.5 Å². The van der Waals surface area contributed by atoms with Crippen molar-refractivity contribution in [3.05, 3.63) is 0 Å². The normalized spacial score (nSPS) is 13.3. The number of hydrogen-bond acceptors (Lipinski definition) is 8. The van der Waals surface area contributed by atoms with Crippen LogP contribution < -0.4 is 5.11 Å². The first-order chi connectivity index (χ1) is 10.5. The van der Waals surface area contributed by atoms with Crippen molar-refractivity contribution in [2.24, 2.45) is 5.92 Å². The Kier molecular flexibility index (Phi) is 8.90. The third-order valence-corrected chi connectivity index (χ3v) is 2.57. The third kappa shape index (κ3) is 8.80. The Balaban J connectivity index is 5.12. The molecule has 0 aliphatic rings. The van der Waals surface area contributed by atoms with Gasteiger partial charge in [-0.25, -0.2) is 0 Å². The van der Waals surface area contributed by atoms with Gasteiger partial charge in [-0.3, -0.25) is 14.4 Å². The molecule has 0 amide bonds. The first-order valence-electron chi connectivity index (χ1n) is 7.32. The van der Waals surface area contributed by atoms with Crippen LogP contribution in [-0.4, -0.2) is 42.2 Å². The molecule has 0 aromatic carbocycles. The summed E-state index contributed by atoms with van der Waals surface area (Å²) in [5.74, 6) is -5.45. The maximum absolute atomic E-state index is 12.1. The number of ether oxygens (including phenoxy) is 3. The van der Waals surface area contributed by atoms with E-state index in [1.807, 2.05) is 0 Å². The van der Waals surface area contributed by atoms with E-state index >= 15 is 0 Å². The topological polar surface area (TPSA) is 119 Å². The van der Waals surface area contributed by atoms with Crippen molar-refractivity contribution in [1.82, 2.24) is 0 Å². The van der Waals surface area contributed by atoms with Crippen LogP contribution in [0.15, 0.2) is 0 Å². The summed E-state index contributed by atoms with van der Waals surface area (Å²) < 4.78 is 14.5. The van der Waals surface area contributed by atoms with Crippen molar-refractivity contribution in [2.75, 3.05) is 0 Å². The summed E-state index contributed by atoms with van der Waals surface area (Å²) in [7, 11) is 0. The first-order valence-corrected chi connectivity index (χ1v) is 7.32. The van der Waals surface area contributed by atoms with Gasteiger partial charge in [-0.15, -0.1) is 0 Å². The smallest absolute Gasteiger partial charge is 0.313 e. The Bertz CT molecular complexity index is 441. The summed E-state index contributed by atoms with van der Waals surface area (Å²) in [4.78, 5) is 45.8. The molecule has 8 nitrogen and oxygen atoms in total. The van der Waals surface area contributed by atoms with Crippen molar-refractivity contribution < 1.29 is 38.5 Å². The minimum absolute atomic E-state index is 0.205. The zero-order valence-corrected chi connectivity index (χ0v) is 14.0. The van der Waals surface area contributed by atoms with Gasteiger partial charge in [0.1, 0.15) is 0 Å². The van der Waals surface area contributed by atoms with Crippen LogP contribution in [0, 0.1) is 5.92 Å². The minimum atomic E-state index is -1.83. The summed E-state index contributed by atoms with van der Waals surface area (Å²) in [5, 5.41) is 11.2. The lowest BCUT2D eigenvalue weighted by Crippen LogP contribution is -2.47. The molecular weight excluding hydrogens is 308 g/mol. The van der Waals surface area contributed by atoms with Gasteiger partial charge in [-0.2, -0.15) is 0 Å². The van der Waals surface area contributed by atoms with E-state index < -0.39 is 42.0 Å². The molecule has 2 unspecified atom stereocenters. The van der Waals surface area contributed by atoms with E-state index in [1.54, 1.807) is 27.7 Å². The Labute approximate surface area is 135 Å². The highest BCUT2D eigenvalue weighted by Crippen LogP contribution is 2.19. The number of aliphatic carboxylic acids is 1. The van der Waals surface area contributed by atoms with E-state index in [9.17, 15) is 24.3 Å². The molecule has 0 spiro atoms. The summed E-state index contributed by atoms with van der Waals surface area (Å²) in [6.45, 7) is 7.49. The summed E-state index contributed by atoms with van der Waals surface area (Å²) >= 11 is 0. The molecule has 2 atom stereocenters. The van der Waals surface area contributed by atoms with E-state index in [-0.39, 0.29) is 18.9 Å². The zero-order chi connectivity index (χ0) is 18.2. The lowest BCUT2D eigenvalue weighted by molar-refractivity contribution is -0.318. The Morgan fingerprint density at radius 3 is 1.83 bits per heavy atom. The minimum Gasteiger partial charge on any atom is -0.546 e. The number of carboxylic acid groups (broad SMARTS) is 1. The highest BCUT2D eigenvalue weighted by molar-refractivity contribution is 5.84. The van der Waals surface area contributed by atoms with Crippen molar-refractivity contribution in [3.8, 4) is 0 Å². The van der Waals surface area contributed by atoms with E-state index in [4.69, 9.17) is 9.47 Å². The van der Waals surface area contributed by atoms with Crippen molar-refractivity contribution in [3.63, 3.8) is 0 Å². The van der Waals surface area contributed by atoms with Gasteiger partial charge in [0.15, 0.2) is 6.10 Å². The van der Waals surface area contributed by atoms with E-state index in [2.05, 4.69) is 4.74 Å². The number of esters is 3. The lowest BCUT2D eigenvalue weighted by atomic mass is 9.96. The van der Waals surface area contributed by atoms with Gasteiger partial charge in [0, 0.05) is 13.3 Å². The number of carbonyl (C=O) groups excluding carboxylic acids is 4. The molecule has 0 aromatic rings. The predicted molar refractivity (Wildman–Crippen MR) is 75.7 cm³/mol. The second kappa shape index (κ2) is 9.81. The zero-order valence-electron chi connectivity index (χ0n) is 14.0. The monoisotopic (exact) mass is 331 g/mol. The van der Waals surface area contributed by atoms with Gasteiger partial charge in [0.25, 0.3) is 0 Å². The molecule has 0 saturated carbocycles. The number of hydrogen-bond donors (Lipinski definition) is 0. The molecule has 0 bridgehead atoms. The fraction of sp³-hybridized carbons (Fsp3) is 0.733. The van der Waals surface area contributed by atoms with Crippen LogP contribution in [-0.2, 0) is 33.4 Å². The maximum atomic E-state index is 12.1. The Morgan fingerprint density at radius 1 is 0.913 bits per heavy atom. The summed E-state index contributed by atoms with van der Waals surface area (Å²) in [6.07, 6.45) is -3.09. The van der Waals surface area contributed by atoms with Crippen molar-refractivity contribution in [1.29, 1.82) is 0 Å². The molecule has 0 fully saturated rings. The average Bonchev–Trinajstić information content (AvgIpc) is 2.34. The number of carboxylic acids is 1. The molecular formula is C15H23O8-. The highest BCUT2D eigenvalue weighted by Gasteiger charge is 2.34. The van der Waals surface area contributed by atoms with Gasteiger partial charge in [-0.05, 0) is 34.1 Å². The molecule has 0 N–H and O–H groups in total. The quantitative estimate of drug-likeness (QED) is 0.427. The average molecular weight is 331 g/mol.